The van der Waals surface area contributed by atoms with Gasteiger partial charge in [-0.2, -0.15) is 0 Å². The molecule has 0 aromatic heterocycles. The second kappa shape index (κ2) is 22.5. The highest BCUT2D eigenvalue weighted by molar-refractivity contribution is 5.73. The molecule has 14 nitrogen and oxygen atoms in total. The maximum atomic E-state index is 13.0. The topological polar surface area (TPSA) is 169 Å². The molecule has 0 spiro atoms. The summed E-state index contributed by atoms with van der Waals surface area (Å²) in [7, 11) is 0. The minimum absolute atomic E-state index is 0.0589. The Kier molecular flexibility index (Phi) is 16.7. The number of rotatable bonds is 19. The van der Waals surface area contributed by atoms with Gasteiger partial charge in [0.2, 0.25) is 11.8 Å². The SMILES string of the molecule is CC(=O)N[C@@H]1[C@@H](OCc2ccccc2)[C@H](O[C@@H]2O[C@H](COCc3ccccc3)[C@@H](OC(C)=O)[C@H](OCc3ccccc3)[C@H]2NC(C)=O)[C@@H](COCc2ccccc2)O[C@H]1O. The second-order valence-corrected chi connectivity index (χ2v) is 14.8. The van der Waals surface area contributed by atoms with Crippen LogP contribution in [-0.2, 0) is 78.7 Å². The maximum Gasteiger partial charge on any atom is 0.303 e. The summed E-state index contributed by atoms with van der Waals surface area (Å²) in [5, 5.41) is 17.2. The molecule has 2 saturated heterocycles. The van der Waals surface area contributed by atoms with Gasteiger partial charge in [0.05, 0.1) is 39.6 Å². The number of hydrogen-bond donors (Lipinski definition) is 3. The Bertz CT molecular complexity index is 1910. The third-order valence-corrected chi connectivity index (χ3v) is 10.0. The van der Waals surface area contributed by atoms with Crippen LogP contribution in [0.3, 0.4) is 0 Å². The maximum absolute atomic E-state index is 13.0. The Hall–Kier alpha value is -5.03. The molecule has 0 unspecified atom stereocenters. The van der Waals surface area contributed by atoms with Crippen molar-refractivity contribution in [1.82, 2.24) is 10.6 Å². The molecule has 2 amide bonds. The van der Waals surface area contributed by atoms with Gasteiger partial charge in [-0.25, -0.2) is 0 Å². The van der Waals surface area contributed by atoms with Crippen LogP contribution in [0.2, 0.25) is 0 Å². The van der Waals surface area contributed by atoms with Crippen LogP contribution in [0.5, 0.6) is 0 Å². The summed E-state index contributed by atoms with van der Waals surface area (Å²) in [6.45, 7) is 4.46. The van der Waals surface area contributed by atoms with E-state index in [9.17, 15) is 19.5 Å². The number of nitrogens with one attached hydrogen (secondary N) is 2. The number of carbonyl (C=O) groups excluding carboxylic acids is 3. The first kappa shape index (κ1) is 44.5. The van der Waals surface area contributed by atoms with Crippen molar-refractivity contribution in [2.45, 2.75) is 108 Å². The molecule has 2 fully saturated rings. The van der Waals surface area contributed by atoms with Gasteiger partial charge in [-0.1, -0.05) is 121 Å². The number of hydrogen-bond acceptors (Lipinski definition) is 12. The largest absolute Gasteiger partial charge is 0.457 e. The van der Waals surface area contributed by atoms with E-state index in [-0.39, 0.29) is 39.6 Å². The van der Waals surface area contributed by atoms with Crippen molar-refractivity contribution < 1.29 is 57.4 Å². The van der Waals surface area contributed by atoms with Crippen LogP contribution in [0.15, 0.2) is 121 Å². The first-order valence-corrected chi connectivity index (χ1v) is 20.0. The molecular formula is C46H54N2O12. The van der Waals surface area contributed by atoms with E-state index in [1.807, 2.05) is 121 Å². The molecular weight excluding hydrogens is 773 g/mol. The number of esters is 1. The first-order chi connectivity index (χ1) is 29.1. The fourth-order valence-corrected chi connectivity index (χ4v) is 7.30. The second-order valence-electron chi connectivity index (χ2n) is 14.8. The van der Waals surface area contributed by atoms with Crippen LogP contribution in [0, 0.1) is 0 Å². The molecule has 6 rings (SSSR count). The van der Waals surface area contributed by atoms with E-state index in [1.54, 1.807) is 0 Å². The molecule has 2 heterocycles. The average Bonchev–Trinajstić information content (AvgIpc) is 3.24. The lowest BCUT2D eigenvalue weighted by Crippen LogP contribution is -2.70. The summed E-state index contributed by atoms with van der Waals surface area (Å²) in [5.74, 6) is -1.46. The van der Waals surface area contributed by atoms with Gasteiger partial charge < -0.3 is 53.6 Å². The summed E-state index contributed by atoms with van der Waals surface area (Å²) < 4.78 is 51.2. The van der Waals surface area contributed by atoms with Crippen LogP contribution < -0.4 is 10.6 Å². The van der Waals surface area contributed by atoms with Crippen molar-refractivity contribution >= 4 is 17.8 Å². The van der Waals surface area contributed by atoms with Crippen molar-refractivity contribution in [1.29, 1.82) is 0 Å². The van der Waals surface area contributed by atoms with Crippen molar-refractivity contribution in [3.63, 3.8) is 0 Å². The van der Waals surface area contributed by atoms with Gasteiger partial charge in [0, 0.05) is 20.8 Å². The van der Waals surface area contributed by atoms with E-state index >= 15 is 0 Å². The highest BCUT2D eigenvalue weighted by Crippen LogP contribution is 2.34. The summed E-state index contributed by atoms with van der Waals surface area (Å²) in [6.07, 6.45) is -9.03. The molecule has 320 valence electrons. The summed E-state index contributed by atoms with van der Waals surface area (Å²) in [5.41, 5.74) is 3.49. The molecule has 4 aromatic carbocycles. The Labute approximate surface area is 350 Å². The number of aliphatic hydroxyl groups is 1. The Morgan fingerprint density at radius 1 is 0.533 bits per heavy atom. The lowest BCUT2D eigenvalue weighted by Gasteiger charge is -2.50. The smallest absolute Gasteiger partial charge is 0.303 e. The van der Waals surface area contributed by atoms with Crippen molar-refractivity contribution in [2.75, 3.05) is 13.2 Å². The fourth-order valence-electron chi connectivity index (χ4n) is 7.30. The number of amides is 2. The highest BCUT2D eigenvalue weighted by Gasteiger charge is 2.54. The predicted molar refractivity (Wildman–Crippen MR) is 217 cm³/mol. The summed E-state index contributed by atoms with van der Waals surface area (Å²) >= 11 is 0. The van der Waals surface area contributed by atoms with E-state index in [4.69, 9.17) is 37.9 Å². The van der Waals surface area contributed by atoms with Gasteiger partial charge in [0.25, 0.3) is 0 Å². The Morgan fingerprint density at radius 2 is 0.933 bits per heavy atom. The minimum Gasteiger partial charge on any atom is -0.457 e. The van der Waals surface area contributed by atoms with Crippen molar-refractivity contribution in [3.8, 4) is 0 Å². The van der Waals surface area contributed by atoms with Crippen LogP contribution in [0.4, 0.5) is 0 Å². The zero-order valence-electron chi connectivity index (χ0n) is 34.0. The zero-order chi connectivity index (χ0) is 42.3. The molecule has 60 heavy (non-hydrogen) atoms. The standard InChI is InChI=1S/C46H54N2O12/c1-30(49)47-39-43(55-26-35-20-12-6-13-21-35)42(37(58-45(39)52)28-53-24-33-16-8-4-9-17-33)60-46-40(48-31(2)50)44(56-27-36-22-14-7-15-23-36)41(57-32(3)51)38(59-46)29-54-25-34-18-10-5-11-19-34/h4-23,37-46,52H,24-29H2,1-3H3,(H,47,49)(H,48,50)/t37-,38-,39-,40-,41-,42-,43-,44-,45-,46+/m1/s1. The lowest BCUT2D eigenvalue weighted by molar-refractivity contribution is -0.337. The van der Waals surface area contributed by atoms with E-state index in [2.05, 4.69) is 10.6 Å². The van der Waals surface area contributed by atoms with Crippen molar-refractivity contribution in [2.24, 2.45) is 0 Å². The predicted octanol–water partition coefficient (Wildman–Crippen LogP) is 4.36. The highest BCUT2D eigenvalue weighted by atomic mass is 16.7. The molecule has 3 N–H and O–H groups in total. The number of carbonyl (C=O) groups is 3. The molecule has 2 aliphatic heterocycles. The van der Waals surface area contributed by atoms with Gasteiger partial charge in [-0.3, -0.25) is 14.4 Å². The monoisotopic (exact) mass is 826 g/mol. The number of benzene rings is 4. The third-order valence-electron chi connectivity index (χ3n) is 10.0. The number of aliphatic hydroxyl groups excluding tert-OH is 1. The minimum atomic E-state index is -1.52. The number of ether oxygens (including phenoxy) is 8. The molecule has 10 atom stereocenters. The Balaban J connectivity index is 1.37. The molecule has 0 aliphatic carbocycles. The molecule has 2 aliphatic rings. The van der Waals surface area contributed by atoms with Crippen LogP contribution >= 0.6 is 0 Å². The Morgan fingerprint density at radius 3 is 1.37 bits per heavy atom. The van der Waals surface area contributed by atoms with Gasteiger partial charge in [-0.15, -0.1) is 0 Å². The lowest BCUT2D eigenvalue weighted by atomic mass is 9.94. The normalized spacial score (nSPS) is 26.5. The third kappa shape index (κ3) is 13.0. The average molecular weight is 827 g/mol. The van der Waals surface area contributed by atoms with E-state index in [0.29, 0.717) is 0 Å². The van der Waals surface area contributed by atoms with Crippen LogP contribution in [0.1, 0.15) is 43.0 Å². The molecule has 0 saturated carbocycles. The fraction of sp³-hybridized carbons (Fsp3) is 0.413. The summed E-state index contributed by atoms with van der Waals surface area (Å²) in [4.78, 5) is 38.4. The van der Waals surface area contributed by atoms with Gasteiger partial charge in [0.1, 0.15) is 42.6 Å². The van der Waals surface area contributed by atoms with Gasteiger partial charge >= 0.3 is 5.97 Å². The van der Waals surface area contributed by atoms with Gasteiger partial charge in [-0.05, 0) is 22.3 Å². The first-order valence-electron chi connectivity index (χ1n) is 20.0. The van der Waals surface area contributed by atoms with Crippen LogP contribution in [0.25, 0.3) is 0 Å². The molecule has 14 heteroatoms. The van der Waals surface area contributed by atoms with E-state index in [0.717, 1.165) is 22.3 Å². The molecule has 0 radical (unpaired) electrons. The zero-order valence-corrected chi connectivity index (χ0v) is 34.0. The van der Waals surface area contributed by atoms with E-state index < -0.39 is 79.1 Å². The van der Waals surface area contributed by atoms with Crippen LogP contribution in [-0.4, -0.2) is 97.4 Å². The quantitative estimate of drug-likeness (QED) is 0.115. The van der Waals surface area contributed by atoms with Gasteiger partial charge in [0.15, 0.2) is 18.7 Å². The van der Waals surface area contributed by atoms with E-state index in [1.165, 1.54) is 20.8 Å². The summed E-state index contributed by atoms with van der Waals surface area (Å²) in [6, 6.07) is 35.8. The van der Waals surface area contributed by atoms with Crippen molar-refractivity contribution in [3.05, 3.63) is 144 Å². The molecule has 4 aromatic rings. The molecule has 0 bridgehead atoms.